The molecule has 0 saturated carbocycles. The molecule has 13 heavy (non-hydrogen) atoms. The Morgan fingerprint density at radius 1 is 1.54 bits per heavy atom. The van der Waals surface area contributed by atoms with E-state index in [1.807, 2.05) is 0 Å². The maximum absolute atomic E-state index is 11.1. The summed E-state index contributed by atoms with van der Waals surface area (Å²) < 4.78 is 1.48. The van der Waals surface area contributed by atoms with Crippen molar-refractivity contribution < 1.29 is 9.90 Å². The number of pyridine rings is 1. The van der Waals surface area contributed by atoms with Crippen molar-refractivity contribution in [1.82, 2.24) is 9.61 Å². The Kier molecular flexibility index (Phi) is 1.55. The molecule has 0 fully saturated rings. The van der Waals surface area contributed by atoms with Crippen molar-refractivity contribution in [3.05, 3.63) is 30.0 Å². The van der Waals surface area contributed by atoms with Crippen LogP contribution in [0.25, 0.3) is 5.52 Å². The van der Waals surface area contributed by atoms with E-state index in [1.54, 1.807) is 24.4 Å². The molecular weight excluding hydrogens is 168 g/mol. The van der Waals surface area contributed by atoms with Crippen molar-refractivity contribution in [3.63, 3.8) is 0 Å². The predicted molar refractivity (Wildman–Crippen MR) is 46.9 cm³/mol. The minimum atomic E-state index is -0.210. The van der Waals surface area contributed by atoms with Gasteiger partial charge in [-0.2, -0.15) is 0 Å². The number of ketones is 1. The molecule has 2 rings (SSSR count). The second kappa shape index (κ2) is 2.58. The quantitative estimate of drug-likeness (QED) is 0.665. The highest BCUT2D eigenvalue weighted by atomic mass is 16.3. The number of hydrogen-bond donors (Lipinski definition) is 1. The lowest BCUT2D eigenvalue weighted by Gasteiger charge is -1.91. The number of hydrogen-bond acceptors (Lipinski definition) is 3. The van der Waals surface area contributed by atoms with Crippen molar-refractivity contribution in [2.24, 2.45) is 0 Å². The third kappa shape index (κ3) is 1.07. The van der Waals surface area contributed by atoms with Crippen LogP contribution in [-0.2, 0) is 0 Å². The van der Waals surface area contributed by atoms with Crippen molar-refractivity contribution in [2.45, 2.75) is 6.92 Å². The molecule has 0 bridgehead atoms. The smallest absolute Gasteiger partial charge is 0.242 e. The molecule has 0 aliphatic heterocycles. The van der Waals surface area contributed by atoms with Crippen LogP contribution in [0.4, 0.5) is 0 Å². The first-order chi connectivity index (χ1) is 6.20. The summed E-state index contributed by atoms with van der Waals surface area (Å²) in [4.78, 5) is 11.1. The third-order valence-corrected chi connectivity index (χ3v) is 1.87. The summed E-state index contributed by atoms with van der Waals surface area (Å²) in [7, 11) is 0. The Balaban J connectivity index is 2.86. The second-order valence-electron chi connectivity index (χ2n) is 2.79. The molecule has 0 spiro atoms. The first kappa shape index (κ1) is 7.79. The highest BCUT2D eigenvalue weighted by molar-refractivity contribution is 6.02. The zero-order valence-electron chi connectivity index (χ0n) is 7.06. The van der Waals surface area contributed by atoms with Crippen LogP contribution in [0.5, 0.6) is 5.88 Å². The Morgan fingerprint density at radius 2 is 2.31 bits per heavy atom. The summed E-state index contributed by atoms with van der Waals surface area (Å²) in [6.07, 6.45) is 1.68. The van der Waals surface area contributed by atoms with Gasteiger partial charge in [-0.3, -0.25) is 4.79 Å². The van der Waals surface area contributed by atoms with Gasteiger partial charge in [-0.15, -0.1) is 5.10 Å². The van der Waals surface area contributed by atoms with Crippen molar-refractivity contribution in [1.29, 1.82) is 0 Å². The number of nitrogens with zero attached hydrogens (tertiary/aromatic N) is 2. The van der Waals surface area contributed by atoms with E-state index >= 15 is 0 Å². The molecule has 0 aliphatic rings. The standard InChI is InChI=1S/C9H8N2O2/c1-6(12)8-7-4-2-3-5-11(7)10-9(8)13/h2-5H,1H3,(H,10,13). The fourth-order valence-electron chi connectivity index (χ4n) is 1.32. The van der Waals surface area contributed by atoms with Crippen molar-refractivity contribution in [3.8, 4) is 5.88 Å². The fraction of sp³-hybridized carbons (Fsp3) is 0.111. The number of fused-ring (bicyclic) bond motifs is 1. The Labute approximate surface area is 74.4 Å². The molecule has 0 aromatic carbocycles. The van der Waals surface area contributed by atoms with Gasteiger partial charge in [0.25, 0.3) is 0 Å². The van der Waals surface area contributed by atoms with Gasteiger partial charge in [0.2, 0.25) is 5.88 Å². The first-order valence-electron chi connectivity index (χ1n) is 3.87. The molecule has 0 atom stereocenters. The van der Waals surface area contributed by atoms with E-state index < -0.39 is 0 Å². The number of Topliss-reactive ketones (excluding diaryl/α,β-unsaturated/α-hetero) is 1. The molecule has 2 aromatic rings. The molecule has 2 heterocycles. The maximum atomic E-state index is 11.1. The highest BCUT2D eigenvalue weighted by Gasteiger charge is 2.14. The molecule has 2 aromatic heterocycles. The van der Waals surface area contributed by atoms with E-state index in [0.717, 1.165) is 0 Å². The zero-order chi connectivity index (χ0) is 9.42. The monoisotopic (exact) mass is 176 g/mol. The van der Waals surface area contributed by atoms with E-state index in [9.17, 15) is 9.90 Å². The van der Waals surface area contributed by atoms with Crippen LogP contribution < -0.4 is 0 Å². The minimum absolute atomic E-state index is 0.182. The summed E-state index contributed by atoms with van der Waals surface area (Å²) in [6.45, 7) is 1.41. The average molecular weight is 176 g/mol. The summed E-state index contributed by atoms with van der Waals surface area (Å²) in [6, 6.07) is 5.32. The van der Waals surface area contributed by atoms with E-state index in [-0.39, 0.29) is 17.2 Å². The Bertz CT molecular complexity index is 473. The summed E-state index contributed by atoms with van der Waals surface area (Å²) in [5.41, 5.74) is 0.910. The van der Waals surface area contributed by atoms with Gasteiger partial charge in [0.1, 0.15) is 5.56 Å². The van der Waals surface area contributed by atoms with Gasteiger partial charge in [0, 0.05) is 6.20 Å². The van der Waals surface area contributed by atoms with E-state index in [4.69, 9.17) is 0 Å². The first-order valence-corrected chi connectivity index (χ1v) is 3.87. The van der Waals surface area contributed by atoms with Crippen LogP contribution in [0.1, 0.15) is 17.3 Å². The van der Waals surface area contributed by atoms with Gasteiger partial charge < -0.3 is 5.11 Å². The van der Waals surface area contributed by atoms with Gasteiger partial charge in [0.05, 0.1) is 5.52 Å². The van der Waals surface area contributed by atoms with Crippen LogP contribution >= 0.6 is 0 Å². The van der Waals surface area contributed by atoms with E-state index in [1.165, 1.54) is 11.4 Å². The molecule has 4 heteroatoms. The normalized spacial score (nSPS) is 10.5. The van der Waals surface area contributed by atoms with Gasteiger partial charge >= 0.3 is 0 Å². The lowest BCUT2D eigenvalue weighted by molar-refractivity contribution is 0.101. The predicted octanol–water partition coefficient (Wildman–Crippen LogP) is 1.24. The number of aromatic nitrogens is 2. The summed E-state index contributed by atoms with van der Waals surface area (Å²) in [5.74, 6) is -0.391. The summed E-state index contributed by atoms with van der Waals surface area (Å²) in [5, 5.41) is 13.1. The minimum Gasteiger partial charge on any atom is -0.492 e. The van der Waals surface area contributed by atoms with Crippen LogP contribution in [0, 0.1) is 0 Å². The molecule has 0 amide bonds. The van der Waals surface area contributed by atoms with Crippen LogP contribution in [0.3, 0.4) is 0 Å². The van der Waals surface area contributed by atoms with Crippen molar-refractivity contribution >= 4 is 11.3 Å². The van der Waals surface area contributed by atoms with Crippen molar-refractivity contribution in [2.75, 3.05) is 0 Å². The SMILES string of the molecule is CC(=O)c1c(O)nn2ccccc12. The molecular formula is C9H8N2O2. The lowest BCUT2D eigenvalue weighted by atomic mass is 10.2. The second-order valence-corrected chi connectivity index (χ2v) is 2.79. The van der Waals surface area contributed by atoms with Crippen LogP contribution in [0.15, 0.2) is 24.4 Å². The van der Waals surface area contributed by atoms with E-state index in [2.05, 4.69) is 5.10 Å². The lowest BCUT2D eigenvalue weighted by Crippen LogP contribution is -1.91. The van der Waals surface area contributed by atoms with Gasteiger partial charge in [0.15, 0.2) is 5.78 Å². The molecule has 66 valence electrons. The average Bonchev–Trinajstić information content (AvgIpc) is 2.39. The van der Waals surface area contributed by atoms with Gasteiger partial charge in [-0.25, -0.2) is 4.52 Å². The topological polar surface area (TPSA) is 54.6 Å². The highest BCUT2D eigenvalue weighted by Crippen LogP contribution is 2.20. The van der Waals surface area contributed by atoms with Gasteiger partial charge in [-0.1, -0.05) is 6.07 Å². The molecule has 4 nitrogen and oxygen atoms in total. The molecule has 1 N–H and O–H groups in total. The number of aromatic hydroxyl groups is 1. The molecule has 0 radical (unpaired) electrons. The Morgan fingerprint density at radius 3 is 3.00 bits per heavy atom. The number of rotatable bonds is 1. The van der Waals surface area contributed by atoms with Crippen LogP contribution in [-0.4, -0.2) is 20.5 Å². The van der Waals surface area contributed by atoms with E-state index in [0.29, 0.717) is 5.52 Å². The number of carbonyl (C=O) groups is 1. The molecule has 0 aliphatic carbocycles. The number of carbonyl (C=O) groups excluding carboxylic acids is 1. The Hall–Kier alpha value is -1.84. The zero-order valence-corrected chi connectivity index (χ0v) is 7.06. The van der Waals surface area contributed by atoms with Gasteiger partial charge in [-0.05, 0) is 19.1 Å². The molecule has 0 saturated heterocycles. The summed E-state index contributed by atoms with van der Waals surface area (Å²) >= 11 is 0. The maximum Gasteiger partial charge on any atom is 0.242 e. The fourth-order valence-corrected chi connectivity index (χ4v) is 1.32. The largest absolute Gasteiger partial charge is 0.492 e. The molecule has 0 unspecified atom stereocenters. The third-order valence-electron chi connectivity index (χ3n) is 1.87. The van der Waals surface area contributed by atoms with Crippen LogP contribution in [0.2, 0.25) is 0 Å².